The Morgan fingerprint density at radius 3 is 2.55 bits per heavy atom. The summed E-state index contributed by atoms with van der Waals surface area (Å²) in [5.74, 6) is 1.29. The van der Waals surface area contributed by atoms with Crippen molar-refractivity contribution in [2.75, 3.05) is 24.7 Å². The van der Waals surface area contributed by atoms with Crippen LogP contribution < -0.4 is 10.6 Å². The SMILES string of the molecule is CN(C)c1nc(N)nc(Cn2nccc2-c2ccncc2)n1. The Balaban J connectivity index is 1.94. The van der Waals surface area contributed by atoms with Crippen LogP contribution in [0.4, 0.5) is 11.9 Å². The first kappa shape index (κ1) is 13.9. The normalized spacial score (nSPS) is 10.6. The van der Waals surface area contributed by atoms with Crippen LogP contribution in [0.1, 0.15) is 5.82 Å². The van der Waals surface area contributed by atoms with Gasteiger partial charge in [0.2, 0.25) is 11.9 Å². The van der Waals surface area contributed by atoms with Gasteiger partial charge in [-0.05, 0) is 18.2 Å². The molecular formula is C14H16N8. The molecule has 0 radical (unpaired) electrons. The summed E-state index contributed by atoms with van der Waals surface area (Å²) in [6.07, 6.45) is 5.24. The number of hydrogen-bond donors (Lipinski definition) is 1. The van der Waals surface area contributed by atoms with E-state index in [4.69, 9.17) is 5.73 Å². The first-order chi connectivity index (χ1) is 10.6. The number of hydrogen-bond acceptors (Lipinski definition) is 7. The lowest BCUT2D eigenvalue weighted by Crippen LogP contribution is -2.17. The maximum atomic E-state index is 5.75. The van der Waals surface area contributed by atoms with Gasteiger partial charge in [-0.1, -0.05) is 0 Å². The predicted octanol–water partition coefficient (Wildman–Crippen LogP) is 0.827. The van der Waals surface area contributed by atoms with Crippen LogP contribution in [0.3, 0.4) is 0 Å². The highest BCUT2D eigenvalue weighted by Crippen LogP contribution is 2.18. The van der Waals surface area contributed by atoms with Crippen molar-refractivity contribution in [2.45, 2.75) is 6.54 Å². The third kappa shape index (κ3) is 2.85. The molecule has 3 aromatic heterocycles. The van der Waals surface area contributed by atoms with E-state index in [0.717, 1.165) is 11.3 Å². The molecule has 22 heavy (non-hydrogen) atoms. The molecule has 3 aromatic rings. The van der Waals surface area contributed by atoms with Gasteiger partial charge < -0.3 is 10.6 Å². The average Bonchev–Trinajstić information content (AvgIpc) is 2.95. The molecule has 0 fully saturated rings. The van der Waals surface area contributed by atoms with Crippen molar-refractivity contribution in [3.8, 4) is 11.3 Å². The van der Waals surface area contributed by atoms with Crippen molar-refractivity contribution < 1.29 is 0 Å². The molecular weight excluding hydrogens is 280 g/mol. The molecule has 0 aromatic carbocycles. The second-order valence-corrected chi connectivity index (χ2v) is 4.91. The molecule has 8 heteroatoms. The minimum atomic E-state index is 0.200. The zero-order chi connectivity index (χ0) is 15.5. The first-order valence-electron chi connectivity index (χ1n) is 6.73. The number of anilines is 2. The van der Waals surface area contributed by atoms with Crippen molar-refractivity contribution in [1.82, 2.24) is 29.7 Å². The van der Waals surface area contributed by atoms with Gasteiger partial charge in [0.25, 0.3) is 0 Å². The maximum absolute atomic E-state index is 5.75. The molecule has 0 bridgehead atoms. The van der Waals surface area contributed by atoms with Crippen LogP contribution in [-0.4, -0.2) is 43.8 Å². The molecule has 0 aliphatic heterocycles. The Bertz CT molecular complexity index is 766. The van der Waals surface area contributed by atoms with Gasteiger partial charge in [-0.15, -0.1) is 0 Å². The minimum absolute atomic E-state index is 0.200. The Morgan fingerprint density at radius 2 is 1.82 bits per heavy atom. The molecule has 112 valence electrons. The summed E-state index contributed by atoms with van der Waals surface area (Å²) in [6.45, 7) is 0.415. The van der Waals surface area contributed by atoms with Crippen molar-refractivity contribution >= 4 is 11.9 Å². The standard InChI is InChI=1S/C14H16N8/c1-21(2)14-19-12(18-13(15)20-14)9-22-11(5-8-17-22)10-3-6-16-7-4-10/h3-8H,9H2,1-2H3,(H2,15,18,19,20). The number of nitrogen functional groups attached to an aromatic ring is 1. The summed E-state index contributed by atoms with van der Waals surface area (Å²) in [6, 6.07) is 5.80. The molecule has 0 atom stereocenters. The van der Waals surface area contributed by atoms with E-state index >= 15 is 0 Å². The van der Waals surface area contributed by atoms with Gasteiger partial charge in [0, 0.05) is 38.2 Å². The van der Waals surface area contributed by atoms with Crippen molar-refractivity contribution in [2.24, 2.45) is 0 Å². The van der Waals surface area contributed by atoms with Crippen LogP contribution in [-0.2, 0) is 6.54 Å². The van der Waals surface area contributed by atoms with Crippen LogP contribution in [0.2, 0.25) is 0 Å². The van der Waals surface area contributed by atoms with Crippen LogP contribution in [0, 0.1) is 0 Å². The second-order valence-electron chi connectivity index (χ2n) is 4.91. The smallest absolute Gasteiger partial charge is 0.229 e. The summed E-state index contributed by atoms with van der Waals surface area (Å²) in [4.78, 5) is 18.5. The summed E-state index contributed by atoms with van der Waals surface area (Å²) in [5.41, 5.74) is 7.74. The van der Waals surface area contributed by atoms with Crippen LogP contribution >= 0.6 is 0 Å². The second kappa shape index (κ2) is 5.76. The van der Waals surface area contributed by atoms with Crippen LogP contribution in [0.5, 0.6) is 0 Å². The van der Waals surface area contributed by atoms with E-state index in [1.165, 1.54) is 0 Å². The Morgan fingerprint density at radius 1 is 1.05 bits per heavy atom. The average molecular weight is 296 g/mol. The van der Waals surface area contributed by atoms with Crippen molar-refractivity contribution in [3.05, 3.63) is 42.6 Å². The summed E-state index contributed by atoms with van der Waals surface area (Å²) >= 11 is 0. The third-order valence-corrected chi connectivity index (χ3v) is 3.07. The lowest BCUT2D eigenvalue weighted by molar-refractivity contribution is 0.658. The van der Waals surface area contributed by atoms with E-state index in [-0.39, 0.29) is 5.95 Å². The summed E-state index contributed by atoms with van der Waals surface area (Å²) in [5, 5.41) is 4.33. The van der Waals surface area contributed by atoms with E-state index in [1.54, 1.807) is 23.5 Å². The fourth-order valence-electron chi connectivity index (χ4n) is 2.06. The van der Waals surface area contributed by atoms with E-state index in [9.17, 15) is 0 Å². The summed E-state index contributed by atoms with van der Waals surface area (Å²) in [7, 11) is 3.71. The maximum Gasteiger partial charge on any atom is 0.229 e. The zero-order valence-corrected chi connectivity index (χ0v) is 12.4. The summed E-state index contributed by atoms with van der Waals surface area (Å²) < 4.78 is 1.82. The van der Waals surface area contributed by atoms with Gasteiger partial charge in [0.15, 0.2) is 5.82 Å². The topological polar surface area (TPSA) is 98.6 Å². The van der Waals surface area contributed by atoms with Gasteiger partial charge in [-0.2, -0.15) is 20.1 Å². The number of pyridine rings is 1. The highest BCUT2D eigenvalue weighted by atomic mass is 15.3. The van der Waals surface area contributed by atoms with Crippen LogP contribution in [0.25, 0.3) is 11.3 Å². The Kier molecular flexibility index (Phi) is 3.65. The van der Waals surface area contributed by atoms with E-state index in [2.05, 4.69) is 25.0 Å². The molecule has 3 rings (SSSR count). The Labute approximate surface area is 127 Å². The number of nitrogens with zero attached hydrogens (tertiary/aromatic N) is 7. The quantitative estimate of drug-likeness (QED) is 0.761. The molecule has 0 aliphatic rings. The Hall–Kier alpha value is -3.03. The monoisotopic (exact) mass is 296 g/mol. The predicted molar refractivity (Wildman–Crippen MR) is 83.1 cm³/mol. The van der Waals surface area contributed by atoms with E-state index < -0.39 is 0 Å². The lowest BCUT2D eigenvalue weighted by atomic mass is 10.2. The highest BCUT2D eigenvalue weighted by molar-refractivity contribution is 5.58. The largest absolute Gasteiger partial charge is 0.368 e. The van der Waals surface area contributed by atoms with E-state index in [1.807, 2.05) is 37.0 Å². The van der Waals surface area contributed by atoms with Gasteiger partial charge >= 0.3 is 0 Å². The van der Waals surface area contributed by atoms with Gasteiger partial charge in [0.1, 0.15) is 6.54 Å². The number of nitrogens with two attached hydrogens (primary N) is 1. The number of aromatic nitrogens is 6. The molecule has 2 N–H and O–H groups in total. The zero-order valence-electron chi connectivity index (χ0n) is 12.4. The lowest BCUT2D eigenvalue weighted by Gasteiger charge is -2.12. The van der Waals surface area contributed by atoms with Crippen molar-refractivity contribution in [3.63, 3.8) is 0 Å². The molecule has 8 nitrogen and oxygen atoms in total. The third-order valence-electron chi connectivity index (χ3n) is 3.07. The van der Waals surface area contributed by atoms with Gasteiger partial charge in [-0.25, -0.2) is 0 Å². The minimum Gasteiger partial charge on any atom is -0.368 e. The first-order valence-corrected chi connectivity index (χ1v) is 6.73. The van der Waals surface area contributed by atoms with E-state index in [0.29, 0.717) is 18.3 Å². The van der Waals surface area contributed by atoms with Gasteiger partial charge in [-0.3, -0.25) is 9.67 Å². The van der Waals surface area contributed by atoms with Crippen molar-refractivity contribution in [1.29, 1.82) is 0 Å². The fourth-order valence-corrected chi connectivity index (χ4v) is 2.06. The molecule has 0 unspecified atom stereocenters. The van der Waals surface area contributed by atoms with Gasteiger partial charge in [0.05, 0.1) is 5.69 Å². The fraction of sp³-hybridized carbons (Fsp3) is 0.214. The molecule has 0 aliphatic carbocycles. The number of rotatable bonds is 4. The highest BCUT2D eigenvalue weighted by Gasteiger charge is 2.10. The molecule has 0 spiro atoms. The molecule has 3 heterocycles. The molecule has 0 saturated carbocycles. The van der Waals surface area contributed by atoms with Crippen LogP contribution in [0.15, 0.2) is 36.8 Å². The molecule has 0 amide bonds. The molecule has 0 saturated heterocycles.